The van der Waals surface area contributed by atoms with Gasteiger partial charge < -0.3 is 15.2 Å². The lowest BCUT2D eigenvalue weighted by Gasteiger charge is -2.13. The van der Waals surface area contributed by atoms with Gasteiger partial charge >= 0.3 is 0 Å². The van der Waals surface area contributed by atoms with Gasteiger partial charge in [0.05, 0.1) is 21.7 Å². The van der Waals surface area contributed by atoms with E-state index >= 15 is 0 Å². The summed E-state index contributed by atoms with van der Waals surface area (Å²) in [6, 6.07) is 3.92. The van der Waals surface area contributed by atoms with Gasteiger partial charge in [0.2, 0.25) is 0 Å². The number of halogens is 2. The molecule has 0 spiro atoms. The Morgan fingerprint density at radius 1 is 1.18 bits per heavy atom. The standard InChI is InChI=1S/C12H17Br2NO2/c1-8(2)16-3-4-17-12-10(13)5-9(7-15)6-11(12)14/h5-6,8H,3-4,7,15H2,1-2H3. The molecule has 0 aliphatic carbocycles. The second-order valence-electron chi connectivity index (χ2n) is 3.86. The highest BCUT2D eigenvalue weighted by Gasteiger charge is 2.08. The predicted molar refractivity (Wildman–Crippen MR) is 76.3 cm³/mol. The maximum Gasteiger partial charge on any atom is 0.147 e. The molecule has 17 heavy (non-hydrogen) atoms. The molecule has 0 fully saturated rings. The number of hydrogen-bond donors (Lipinski definition) is 1. The molecular weight excluding hydrogens is 350 g/mol. The minimum Gasteiger partial charge on any atom is -0.489 e. The second kappa shape index (κ2) is 7.36. The van der Waals surface area contributed by atoms with Crippen molar-refractivity contribution in [2.45, 2.75) is 26.5 Å². The fourth-order valence-electron chi connectivity index (χ4n) is 1.30. The molecule has 0 bridgehead atoms. The molecule has 1 aromatic rings. The average molecular weight is 367 g/mol. The quantitative estimate of drug-likeness (QED) is 0.784. The van der Waals surface area contributed by atoms with Gasteiger partial charge in [-0.2, -0.15) is 0 Å². The Morgan fingerprint density at radius 3 is 2.24 bits per heavy atom. The zero-order valence-corrected chi connectivity index (χ0v) is 13.2. The minimum absolute atomic E-state index is 0.227. The van der Waals surface area contributed by atoms with E-state index in [-0.39, 0.29) is 6.10 Å². The second-order valence-corrected chi connectivity index (χ2v) is 5.57. The van der Waals surface area contributed by atoms with Crippen molar-refractivity contribution in [1.29, 1.82) is 0 Å². The van der Waals surface area contributed by atoms with Crippen LogP contribution in [-0.2, 0) is 11.3 Å². The zero-order chi connectivity index (χ0) is 12.8. The molecule has 0 amide bonds. The topological polar surface area (TPSA) is 44.5 Å². The van der Waals surface area contributed by atoms with Crippen molar-refractivity contribution in [1.82, 2.24) is 0 Å². The van der Waals surface area contributed by atoms with E-state index in [1.165, 1.54) is 0 Å². The van der Waals surface area contributed by atoms with Gasteiger partial charge in [-0.1, -0.05) is 0 Å². The SMILES string of the molecule is CC(C)OCCOc1c(Br)cc(CN)cc1Br. The molecule has 1 aromatic carbocycles. The molecule has 0 aliphatic rings. The number of benzene rings is 1. The van der Waals surface area contributed by atoms with Crippen molar-refractivity contribution in [3.05, 3.63) is 26.6 Å². The fourth-order valence-corrected chi connectivity index (χ4v) is 2.81. The van der Waals surface area contributed by atoms with Crippen molar-refractivity contribution >= 4 is 31.9 Å². The maximum absolute atomic E-state index is 5.66. The highest BCUT2D eigenvalue weighted by molar-refractivity contribution is 9.11. The Kier molecular flexibility index (Phi) is 6.48. The van der Waals surface area contributed by atoms with Gasteiger partial charge in [0.1, 0.15) is 12.4 Å². The Balaban J connectivity index is 2.59. The van der Waals surface area contributed by atoms with E-state index in [2.05, 4.69) is 31.9 Å². The van der Waals surface area contributed by atoms with E-state index in [1.807, 2.05) is 26.0 Å². The number of rotatable bonds is 6. The lowest BCUT2D eigenvalue weighted by atomic mass is 10.2. The normalized spacial score (nSPS) is 10.9. The van der Waals surface area contributed by atoms with E-state index < -0.39 is 0 Å². The lowest BCUT2D eigenvalue weighted by molar-refractivity contribution is 0.0549. The Bertz CT molecular complexity index is 347. The smallest absolute Gasteiger partial charge is 0.147 e. The summed E-state index contributed by atoms with van der Waals surface area (Å²) in [4.78, 5) is 0. The number of nitrogens with two attached hydrogens (primary N) is 1. The van der Waals surface area contributed by atoms with Crippen LogP contribution in [0.2, 0.25) is 0 Å². The fraction of sp³-hybridized carbons (Fsp3) is 0.500. The van der Waals surface area contributed by atoms with Crippen molar-refractivity contribution in [2.24, 2.45) is 5.73 Å². The van der Waals surface area contributed by atoms with Crippen LogP contribution in [0.1, 0.15) is 19.4 Å². The highest BCUT2D eigenvalue weighted by atomic mass is 79.9. The summed E-state index contributed by atoms with van der Waals surface area (Å²) in [5.41, 5.74) is 6.64. The molecule has 0 heterocycles. The van der Waals surface area contributed by atoms with Crippen LogP contribution in [-0.4, -0.2) is 19.3 Å². The molecule has 3 nitrogen and oxygen atoms in total. The first-order chi connectivity index (χ1) is 8.04. The van der Waals surface area contributed by atoms with Crippen LogP contribution in [0.25, 0.3) is 0 Å². The zero-order valence-electron chi connectivity index (χ0n) is 10.0. The molecule has 2 N–H and O–H groups in total. The molecule has 0 saturated carbocycles. The summed E-state index contributed by atoms with van der Waals surface area (Å²) in [5, 5.41) is 0. The van der Waals surface area contributed by atoms with E-state index in [1.54, 1.807) is 0 Å². The molecule has 1 rings (SSSR count). The summed E-state index contributed by atoms with van der Waals surface area (Å²) in [7, 11) is 0. The summed E-state index contributed by atoms with van der Waals surface area (Å²) in [5.74, 6) is 0.787. The molecule has 0 aliphatic heterocycles. The Morgan fingerprint density at radius 2 is 1.76 bits per heavy atom. The first kappa shape index (κ1) is 15.0. The highest BCUT2D eigenvalue weighted by Crippen LogP contribution is 2.34. The van der Waals surface area contributed by atoms with Crippen LogP contribution in [0.15, 0.2) is 21.1 Å². The monoisotopic (exact) mass is 365 g/mol. The summed E-state index contributed by atoms with van der Waals surface area (Å²) in [6.45, 7) is 5.62. The van der Waals surface area contributed by atoms with Gasteiger partial charge in [0.15, 0.2) is 0 Å². The lowest BCUT2D eigenvalue weighted by Crippen LogP contribution is -2.11. The summed E-state index contributed by atoms with van der Waals surface area (Å²) < 4.78 is 12.9. The van der Waals surface area contributed by atoms with E-state index in [4.69, 9.17) is 15.2 Å². The van der Waals surface area contributed by atoms with Gasteiger partial charge in [-0.05, 0) is 63.4 Å². The van der Waals surface area contributed by atoms with Crippen molar-refractivity contribution in [2.75, 3.05) is 13.2 Å². The van der Waals surface area contributed by atoms with Gasteiger partial charge in [-0.15, -0.1) is 0 Å². The molecule has 96 valence electrons. The third kappa shape index (κ3) is 4.95. The van der Waals surface area contributed by atoms with Crippen molar-refractivity contribution < 1.29 is 9.47 Å². The van der Waals surface area contributed by atoms with Gasteiger partial charge in [0.25, 0.3) is 0 Å². The number of ether oxygens (including phenoxy) is 2. The Hall–Kier alpha value is -0.100. The van der Waals surface area contributed by atoms with Crippen molar-refractivity contribution in [3.63, 3.8) is 0 Å². The predicted octanol–water partition coefficient (Wildman–Crippen LogP) is 3.47. The van der Waals surface area contributed by atoms with E-state index in [9.17, 15) is 0 Å². The molecule has 0 saturated heterocycles. The van der Waals surface area contributed by atoms with Gasteiger partial charge in [0, 0.05) is 6.54 Å². The van der Waals surface area contributed by atoms with E-state index in [0.29, 0.717) is 19.8 Å². The van der Waals surface area contributed by atoms with E-state index in [0.717, 1.165) is 20.3 Å². The van der Waals surface area contributed by atoms with Gasteiger partial charge in [-0.3, -0.25) is 0 Å². The van der Waals surface area contributed by atoms with Crippen LogP contribution in [0.4, 0.5) is 0 Å². The summed E-state index contributed by atoms with van der Waals surface area (Å²) >= 11 is 6.94. The van der Waals surface area contributed by atoms with Crippen LogP contribution in [0.3, 0.4) is 0 Å². The third-order valence-corrected chi connectivity index (χ3v) is 3.25. The molecule has 0 atom stereocenters. The first-order valence-corrected chi connectivity index (χ1v) is 7.05. The first-order valence-electron chi connectivity index (χ1n) is 5.47. The third-order valence-electron chi connectivity index (χ3n) is 2.07. The largest absolute Gasteiger partial charge is 0.489 e. The van der Waals surface area contributed by atoms with Crippen LogP contribution in [0, 0.1) is 0 Å². The average Bonchev–Trinajstić information content (AvgIpc) is 2.26. The number of hydrogen-bond acceptors (Lipinski definition) is 3. The molecule has 0 radical (unpaired) electrons. The Labute approximate surface area is 119 Å². The maximum atomic E-state index is 5.66. The molecule has 5 heteroatoms. The van der Waals surface area contributed by atoms with Crippen LogP contribution < -0.4 is 10.5 Å². The molecule has 0 aromatic heterocycles. The van der Waals surface area contributed by atoms with Crippen LogP contribution >= 0.6 is 31.9 Å². The van der Waals surface area contributed by atoms with Gasteiger partial charge in [-0.25, -0.2) is 0 Å². The molecule has 0 unspecified atom stereocenters. The molecular formula is C12H17Br2NO2. The van der Waals surface area contributed by atoms with Crippen LogP contribution in [0.5, 0.6) is 5.75 Å². The van der Waals surface area contributed by atoms with Crippen molar-refractivity contribution in [3.8, 4) is 5.75 Å². The summed E-state index contributed by atoms with van der Waals surface area (Å²) in [6.07, 6.45) is 0.227. The minimum atomic E-state index is 0.227.